The van der Waals surface area contributed by atoms with Crippen molar-refractivity contribution in [1.82, 2.24) is 10.2 Å². The van der Waals surface area contributed by atoms with Crippen LogP contribution in [0.25, 0.3) is 10.9 Å². The summed E-state index contributed by atoms with van der Waals surface area (Å²) in [7, 11) is 0. The van der Waals surface area contributed by atoms with Crippen LogP contribution in [0.5, 0.6) is 0 Å². The summed E-state index contributed by atoms with van der Waals surface area (Å²) in [6.45, 7) is 9.38. The van der Waals surface area contributed by atoms with E-state index in [2.05, 4.69) is 44.0 Å². The summed E-state index contributed by atoms with van der Waals surface area (Å²) >= 11 is 0. The van der Waals surface area contributed by atoms with E-state index >= 15 is 0 Å². The van der Waals surface area contributed by atoms with Crippen LogP contribution >= 0.6 is 0 Å². The van der Waals surface area contributed by atoms with Gasteiger partial charge in [0.2, 0.25) is 0 Å². The zero-order valence-corrected chi connectivity index (χ0v) is 11.8. The third kappa shape index (κ3) is 1.58. The van der Waals surface area contributed by atoms with Crippen molar-refractivity contribution in [2.24, 2.45) is 0 Å². The minimum absolute atomic E-state index is 0.304. The Morgan fingerprint density at radius 3 is 2.83 bits per heavy atom. The lowest BCUT2D eigenvalue weighted by molar-refractivity contribution is 0.427. The van der Waals surface area contributed by atoms with Crippen LogP contribution in [0.3, 0.4) is 0 Å². The zero-order chi connectivity index (χ0) is 12.9. The molecule has 0 fully saturated rings. The second-order valence-electron chi connectivity index (χ2n) is 6.55. The lowest BCUT2D eigenvalue weighted by Crippen LogP contribution is -2.26. The number of nitrogens with zero attached hydrogens (tertiary/aromatic N) is 1. The van der Waals surface area contributed by atoms with Gasteiger partial charge in [0.05, 0.1) is 11.7 Å². The van der Waals surface area contributed by atoms with Crippen LogP contribution in [0, 0.1) is 0 Å². The van der Waals surface area contributed by atoms with Crippen molar-refractivity contribution in [3.63, 3.8) is 0 Å². The predicted octanol–water partition coefficient (Wildman–Crippen LogP) is 4.30. The monoisotopic (exact) mass is 242 g/mol. The van der Waals surface area contributed by atoms with E-state index in [1.165, 1.54) is 41.3 Å². The van der Waals surface area contributed by atoms with E-state index in [-0.39, 0.29) is 0 Å². The van der Waals surface area contributed by atoms with Crippen LogP contribution in [-0.2, 0) is 11.8 Å². The summed E-state index contributed by atoms with van der Waals surface area (Å²) in [4.78, 5) is 0. The van der Waals surface area contributed by atoms with Crippen LogP contribution in [0.1, 0.15) is 63.1 Å². The largest absolute Gasteiger partial charge is 0.278 e. The van der Waals surface area contributed by atoms with Crippen LogP contribution in [-0.4, -0.2) is 10.2 Å². The molecule has 1 aromatic carbocycles. The van der Waals surface area contributed by atoms with Gasteiger partial charge >= 0.3 is 0 Å². The molecule has 96 valence electrons. The minimum atomic E-state index is 0.304. The Bertz CT molecular complexity index is 590. The van der Waals surface area contributed by atoms with Crippen molar-refractivity contribution in [3.05, 3.63) is 29.0 Å². The first-order valence-corrected chi connectivity index (χ1v) is 7.00. The number of hydrogen-bond donors (Lipinski definition) is 1. The Labute approximate surface area is 109 Å². The fourth-order valence-corrected chi connectivity index (χ4v) is 3.62. The highest BCUT2D eigenvalue weighted by molar-refractivity contribution is 5.85. The van der Waals surface area contributed by atoms with E-state index in [4.69, 9.17) is 0 Å². The molecule has 0 spiro atoms. The molecule has 1 N–H and O–H groups in total. The smallest absolute Gasteiger partial charge is 0.0656 e. The van der Waals surface area contributed by atoms with E-state index in [1.54, 1.807) is 5.56 Å². The standard InChI is InChI=1S/C16H22N2/c1-10(2)14-12-9-17-18-13(12)8-11-6-5-7-16(3,4)15(11)14/h8-10H,5-7H2,1-4H3,(H,17,18). The van der Waals surface area contributed by atoms with Crippen molar-refractivity contribution in [2.75, 3.05) is 0 Å². The van der Waals surface area contributed by atoms with Gasteiger partial charge in [-0.1, -0.05) is 27.7 Å². The Morgan fingerprint density at radius 1 is 1.33 bits per heavy atom. The Balaban J connectivity index is 2.41. The van der Waals surface area contributed by atoms with Gasteiger partial charge in [-0.25, -0.2) is 0 Å². The molecule has 0 saturated carbocycles. The van der Waals surface area contributed by atoms with Crippen molar-refractivity contribution < 1.29 is 0 Å². The van der Waals surface area contributed by atoms with Crippen LogP contribution in [0.15, 0.2) is 12.3 Å². The van der Waals surface area contributed by atoms with Gasteiger partial charge in [-0.15, -0.1) is 0 Å². The molecule has 2 heteroatoms. The van der Waals surface area contributed by atoms with Gasteiger partial charge in [-0.3, -0.25) is 5.10 Å². The molecule has 0 amide bonds. The molecular weight excluding hydrogens is 220 g/mol. The van der Waals surface area contributed by atoms with Gasteiger partial charge in [0, 0.05) is 5.39 Å². The lowest BCUT2D eigenvalue weighted by Gasteiger charge is -2.36. The van der Waals surface area contributed by atoms with Crippen molar-refractivity contribution in [3.8, 4) is 0 Å². The van der Waals surface area contributed by atoms with Crippen molar-refractivity contribution in [1.29, 1.82) is 0 Å². The SMILES string of the molecule is CC(C)c1c2c(cc3[nH]ncc13)CCCC2(C)C. The number of hydrogen-bond acceptors (Lipinski definition) is 1. The number of aromatic nitrogens is 2. The summed E-state index contributed by atoms with van der Waals surface area (Å²) in [6, 6.07) is 2.32. The molecule has 0 bridgehead atoms. The maximum Gasteiger partial charge on any atom is 0.0656 e. The molecule has 1 aromatic heterocycles. The minimum Gasteiger partial charge on any atom is -0.278 e. The number of H-pyrrole nitrogens is 1. The van der Waals surface area contributed by atoms with E-state index in [0.717, 1.165) is 0 Å². The van der Waals surface area contributed by atoms with Gasteiger partial charge in [0.25, 0.3) is 0 Å². The van der Waals surface area contributed by atoms with Gasteiger partial charge in [-0.2, -0.15) is 5.10 Å². The topological polar surface area (TPSA) is 28.7 Å². The Morgan fingerprint density at radius 2 is 2.11 bits per heavy atom. The lowest BCUT2D eigenvalue weighted by atomic mass is 9.68. The fourth-order valence-electron chi connectivity index (χ4n) is 3.62. The highest BCUT2D eigenvalue weighted by Crippen LogP contribution is 2.43. The molecule has 18 heavy (non-hydrogen) atoms. The molecule has 0 saturated heterocycles. The number of rotatable bonds is 1. The Hall–Kier alpha value is -1.31. The highest BCUT2D eigenvalue weighted by Gasteiger charge is 2.32. The molecule has 3 rings (SSSR count). The molecule has 2 nitrogen and oxygen atoms in total. The van der Waals surface area contributed by atoms with E-state index in [9.17, 15) is 0 Å². The summed E-state index contributed by atoms with van der Waals surface area (Å²) in [5, 5.41) is 8.70. The first-order valence-electron chi connectivity index (χ1n) is 7.00. The van der Waals surface area contributed by atoms with Gasteiger partial charge in [-0.05, 0) is 53.4 Å². The number of aryl methyl sites for hydroxylation is 1. The maximum atomic E-state index is 4.24. The van der Waals surface area contributed by atoms with E-state index in [0.29, 0.717) is 11.3 Å². The molecule has 2 aromatic rings. The number of nitrogens with one attached hydrogen (secondary N) is 1. The fraction of sp³-hybridized carbons (Fsp3) is 0.562. The number of benzene rings is 1. The number of aromatic amines is 1. The summed E-state index contributed by atoms with van der Waals surface area (Å²) in [5.41, 5.74) is 6.15. The summed E-state index contributed by atoms with van der Waals surface area (Å²) < 4.78 is 0. The molecular formula is C16H22N2. The highest BCUT2D eigenvalue weighted by atomic mass is 15.1. The van der Waals surface area contributed by atoms with Crippen LogP contribution in [0.2, 0.25) is 0 Å². The average Bonchev–Trinajstić information content (AvgIpc) is 2.73. The molecule has 0 radical (unpaired) electrons. The molecule has 0 aliphatic heterocycles. The third-order valence-electron chi connectivity index (χ3n) is 4.37. The molecule has 0 atom stereocenters. The second-order valence-corrected chi connectivity index (χ2v) is 6.55. The molecule has 0 unspecified atom stereocenters. The summed E-state index contributed by atoms with van der Waals surface area (Å²) in [6.07, 6.45) is 5.81. The summed E-state index contributed by atoms with van der Waals surface area (Å²) in [5.74, 6) is 0.553. The maximum absolute atomic E-state index is 4.24. The average molecular weight is 242 g/mol. The molecule has 1 aliphatic rings. The van der Waals surface area contributed by atoms with Crippen molar-refractivity contribution in [2.45, 2.75) is 58.3 Å². The first-order chi connectivity index (χ1) is 8.50. The quantitative estimate of drug-likeness (QED) is 0.793. The van der Waals surface area contributed by atoms with Crippen LogP contribution < -0.4 is 0 Å². The van der Waals surface area contributed by atoms with Gasteiger partial charge in [0.1, 0.15) is 0 Å². The zero-order valence-electron chi connectivity index (χ0n) is 11.8. The normalized spacial score (nSPS) is 18.3. The second kappa shape index (κ2) is 3.84. The first kappa shape index (κ1) is 11.8. The van der Waals surface area contributed by atoms with E-state index < -0.39 is 0 Å². The molecule has 1 aliphatic carbocycles. The van der Waals surface area contributed by atoms with Gasteiger partial charge in [0.15, 0.2) is 0 Å². The number of fused-ring (bicyclic) bond motifs is 2. The van der Waals surface area contributed by atoms with E-state index in [1.807, 2.05) is 6.20 Å². The third-order valence-corrected chi connectivity index (χ3v) is 4.37. The van der Waals surface area contributed by atoms with Crippen molar-refractivity contribution >= 4 is 10.9 Å². The predicted molar refractivity (Wildman–Crippen MR) is 76.1 cm³/mol. The van der Waals surface area contributed by atoms with Gasteiger partial charge < -0.3 is 0 Å². The molecule has 1 heterocycles. The Kier molecular flexibility index (Phi) is 2.51. The van der Waals surface area contributed by atoms with Crippen LogP contribution in [0.4, 0.5) is 0 Å².